The van der Waals surface area contributed by atoms with Gasteiger partial charge in [-0.1, -0.05) is 30.0 Å². The number of aryl methyl sites for hydroxylation is 1. The number of nitrogens with zero attached hydrogens (tertiary/aromatic N) is 5. The number of rotatable bonds is 8. The Morgan fingerprint density at radius 1 is 1.12 bits per heavy atom. The number of benzene rings is 1. The zero-order valence-corrected chi connectivity index (χ0v) is 16.0. The van der Waals surface area contributed by atoms with Crippen molar-refractivity contribution < 1.29 is 9.13 Å². The second-order valence-corrected chi connectivity index (χ2v) is 6.51. The summed E-state index contributed by atoms with van der Waals surface area (Å²) in [7, 11) is 0. The zero-order chi connectivity index (χ0) is 18.5. The molecule has 1 aromatic carbocycles. The number of hydrogen-bond donors (Lipinski definition) is 0. The van der Waals surface area contributed by atoms with Crippen molar-refractivity contribution >= 4 is 11.8 Å². The highest BCUT2D eigenvalue weighted by atomic mass is 32.2. The molecule has 2 aromatic heterocycles. The minimum atomic E-state index is -0.203. The highest BCUT2D eigenvalue weighted by Crippen LogP contribution is 2.31. The molecule has 0 N–H and O–H groups in total. The quantitative estimate of drug-likeness (QED) is 0.557. The highest BCUT2D eigenvalue weighted by molar-refractivity contribution is 7.98. The summed E-state index contributed by atoms with van der Waals surface area (Å²) in [5, 5.41) is 13.8. The van der Waals surface area contributed by atoms with Crippen molar-refractivity contribution in [1.29, 1.82) is 0 Å². The van der Waals surface area contributed by atoms with Gasteiger partial charge >= 0.3 is 0 Å². The topological polar surface area (TPSA) is 57.8 Å². The molecule has 0 aliphatic carbocycles. The lowest BCUT2D eigenvalue weighted by Gasteiger charge is -2.08. The Labute approximate surface area is 156 Å². The maximum absolute atomic E-state index is 13.8. The van der Waals surface area contributed by atoms with Crippen LogP contribution in [0.2, 0.25) is 0 Å². The first-order chi connectivity index (χ1) is 12.7. The van der Waals surface area contributed by atoms with Crippen LogP contribution in [0.15, 0.2) is 35.6 Å². The Bertz CT molecular complexity index is 876. The molecule has 0 fully saturated rings. The van der Waals surface area contributed by atoms with Gasteiger partial charge in [-0.05, 0) is 32.4 Å². The fraction of sp³-hybridized carbons (Fsp3) is 0.389. The summed E-state index contributed by atoms with van der Waals surface area (Å²) in [6.07, 6.45) is 1.92. The van der Waals surface area contributed by atoms with Crippen LogP contribution in [0.4, 0.5) is 4.39 Å². The van der Waals surface area contributed by atoms with Crippen LogP contribution >= 0.6 is 11.8 Å². The van der Waals surface area contributed by atoms with Crippen molar-refractivity contribution in [2.45, 2.75) is 44.8 Å². The summed E-state index contributed by atoms with van der Waals surface area (Å²) in [5.41, 5.74) is 1.47. The molecule has 0 spiro atoms. The first-order valence-corrected chi connectivity index (χ1v) is 9.66. The normalized spacial score (nSPS) is 11.1. The van der Waals surface area contributed by atoms with Gasteiger partial charge in [-0.15, -0.1) is 15.3 Å². The van der Waals surface area contributed by atoms with Crippen LogP contribution in [0.5, 0.6) is 5.88 Å². The van der Waals surface area contributed by atoms with Crippen LogP contribution in [0, 0.1) is 5.82 Å². The molecule has 3 aromatic rings. The third kappa shape index (κ3) is 3.75. The van der Waals surface area contributed by atoms with Crippen LogP contribution in [0.1, 0.15) is 26.3 Å². The number of halogens is 1. The molecule has 0 saturated carbocycles. The molecule has 2 heterocycles. The molecule has 0 atom stereocenters. The van der Waals surface area contributed by atoms with E-state index < -0.39 is 0 Å². The van der Waals surface area contributed by atoms with Crippen LogP contribution in [0.25, 0.3) is 11.4 Å². The first-order valence-electron chi connectivity index (χ1n) is 8.67. The van der Waals surface area contributed by atoms with Crippen LogP contribution in [-0.4, -0.2) is 31.2 Å². The summed E-state index contributed by atoms with van der Waals surface area (Å²) < 4.78 is 23.3. The number of aromatic nitrogens is 5. The van der Waals surface area contributed by atoms with Crippen molar-refractivity contribution in [3.8, 4) is 17.3 Å². The Morgan fingerprint density at radius 2 is 1.92 bits per heavy atom. The third-order valence-corrected chi connectivity index (χ3v) is 4.94. The van der Waals surface area contributed by atoms with E-state index in [4.69, 9.17) is 4.74 Å². The van der Waals surface area contributed by atoms with Gasteiger partial charge < -0.3 is 9.30 Å². The van der Waals surface area contributed by atoms with Crippen molar-refractivity contribution in [3.63, 3.8) is 0 Å². The molecule has 3 rings (SSSR count). The summed E-state index contributed by atoms with van der Waals surface area (Å²) in [5.74, 6) is 1.57. The van der Waals surface area contributed by atoms with Crippen molar-refractivity contribution in [1.82, 2.24) is 24.5 Å². The standard InChI is InChI=1S/C18H22FN5OS/c1-4-23-11-14(17(22-23)25-6-3)16-20-21-18(24(16)5-2)26-12-13-9-7-8-10-15(13)19/h7-11H,4-6,12H2,1-3H3. The molecule has 0 saturated heterocycles. The fourth-order valence-corrected chi connectivity index (χ4v) is 3.59. The average Bonchev–Trinajstić information content (AvgIpc) is 3.24. The van der Waals surface area contributed by atoms with Crippen molar-refractivity contribution in [2.24, 2.45) is 0 Å². The SMILES string of the molecule is CCOc1nn(CC)cc1-c1nnc(SCc2ccccc2F)n1CC. The van der Waals surface area contributed by atoms with Gasteiger partial charge in [0.1, 0.15) is 11.4 Å². The molecule has 0 aliphatic rings. The van der Waals surface area contributed by atoms with E-state index in [1.54, 1.807) is 12.1 Å². The number of ether oxygens (including phenoxy) is 1. The average molecular weight is 375 g/mol. The maximum atomic E-state index is 13.8. The minimum Gasteiger partial charge on any atom is -0.476 e. The van der Waals surface area contributed by atoms with E-state index in [9.17, 15) is 4.39 Å². The van der Waals surface area contributed by atoms with E-state index in [-0.39, 0.29) is 5.82 Å². The molecule has 0 bridgehead atoms. The lowest BCUT2D eigenvalue weighted by molar-refractivity contribution is 0.322. The summed E-state index contributed by atoms with van der Waals surface area (Å²) in [6.45, 7) is 7.95. The van der Waals surface area contributed by atoms with Gasteiger partial charge in [0, 0.05) is 25.0 Å². The van der Waals surface area contributed by atoms with Crippen molar-refractivity contribution in [2.75, 3.05) is 6.61 Å². The van der Waals surface area contributed by atoms with Gasteiger partial charge in [0.05, 0.1) is 6.61 Å². The Kier molecular flexibility index (Phi) is 5.92. The molecule has 0 radical (unpaired) electrons. The van der Waals surface area contributed by atoms with Gasteiger partial charge in [-0.25, -0.2) is 4.39 Å². The van der Waals surface area contributed by atoms with E-state index in [1.807, 2.05) is 42.3 Å². The highest BCUT2D eigenvalue weighted by Gasteiger charge is 2.20. The van der Waals surface area contributed by atoms with Gasteiger partial charge in [0.2, 0.25) is 5.88 Å². The molecule has 26 heavy (non-hydrogen) atoms. The minimum absolute atomic E-state index is 0.203. The second kappa shape index (κ2) is 8.35. The maximum Gasteiger partial charge on any atom is 0.243 e. The fourth-order valence-electron chi connectivity index (χ4n) is 2.60. The Balaban J connectivity index is 1.89. The zero-order valence-electron chi connectivity index (χ0n) is 15.1. The van der Waals surface area contributed by atoms with E-state index in [1.165, 1.54) is 17.8 Å². The lowest BCUT2D eigenvalue weighted by atomic mass is 10.2. The van der Waals surface area contributed by atoms with Crippen molar-refractivity contribution in [3.05, 3.63) is 41.8 Å². The first kappa shape index (κ1) is 18.4. The molecule has 0 amide bonds. The molecular formula is C18H22FN5OS. The Morgan fingerprint density at radius 3 is 2.62 bits per heavy atom. The number of hydrogen-bond acceptors (Lipinski definition) is 5. The molecular weight excluding hydrogens is 353 g/mol. The largest absolute Gasteiger partial charge is 0.476 e. The predicted octanol–water partition coefficient (Wildman–Crippen LogP) is 4.01. The molecule has 0 unspecified atom stereocenters. The molecule has 8 heteroatoms. The Hall–Kier alpha value is -2.35. The van der Waals surface area contributed by atoms with E-state index in [0.717, 1.165) is 17.3 Å². The molecule has 6 nitrogen and oxygen atoms in total. The van der Waals surface area contributed by atoms with E-state index in [0.29, 0.717) is 36.2 Å². The summed E-state index contributed by atoms with van der Waals surface area (Å²) in [6, 6.07) is 6.78. The lowest BCUT2D eigenvalue weighted by Crippen LogP contribution is -2.01. The third-order valence-electron chi connectivity index (χ3n) is 3.92. The van der Waals surface area contributed by atoms with Gasteiger partial charge in [-0.3, -0.25) is 4.68 Å². The smallest absolute Gasteiger partial charge is 0.243 e. The van der Waals surface area contributed by atoms with Crippen LogP contribution in [-0.2, 0) is 18.8 Å². The van der Waals surface area contributed by atoms with Gasteiger partial charge in [0.25, 0.3) is 0 Å². The number of thioether (sulfide) groups is 1. The summed E-state index contributed by atoms with van der Waals surface area (Å²) in [4.78, 5) is 0. The monoisotopic (exact) mass is 375 g/mol. The van der Waals surface area contributed by atoms with E-state index >= 15 is 0 Å². The predicted molar refractivity (Wildman–Crippen MR) is 99.7 cm³/mol. The van der Waals surface area contributed by atoms with Crippen LogP contribution in [0.3, 0.4) is 0 Å². The summed E-state index contributed by atoms with van der Waals surface area (Å²) >= 11 is 1.47. The van der Waals surface area contributed by atoms with Gasteiger partial charge in [-0.2, -0.15) is 0 Å². The molecule has 138 valence electrons. The van der Waals surface area contributed by atoms with Gasteiger partial charge in [0.15, 0.2) is 11.0 Å². The van der Waals surface area contributed by atoms with E-state index in [2.05, 4.69) is 15.3 Å². The molecule has 0 aliphatic heterocycles. The second-order valence-electron chi connectivity index (χ2n) is 5.57. The van der Waals surface area contributed by atoms with Crippen LogP contribution < -0.4 is 4.74 Å².